The van der Waals surface area contributed by atoms with E-state index in [1.807, 2.05) is 6.92 Å². The third-order valence-electron chi connectivity index (χ3n) is 3.39. The van der Waals surface area contributed by atoms with E-state index in [2.05, 4.69) is 16.9 Å². The predicted octanol–water partition coefficient (Wildman–Crippen LogP) is 1.64. The number of carbonyl (C=O) groups is 1. The van der Waals surface area contributed by atoms with Crippen molar-refractivity contribution in [3.63, 3.8) is 0 Å². The zero-order chi connectivity index (χ0) is 13.2. The summed E-state index contributed by atoms with van der Waals surface area (Å²) in [5.41, 5.74) is -0.205. The van der Waals surface area contributed by atoms with Crippen LogP contribution in [0.3, 0.4) is 0 Å². The summed E-state index contributed by atoms with van der Waals surface area (Å²) in [7, 11) is 2.07. The van der Waals surface area contributed by atoms with E-state index in [-0.39, 0.29) is 17.0 Å². The highest BCUT2D eigenvalue weighted by molar-refractivity contribution is 5.90. The molecule has 98 valence electrons. The summed E-state index contributed by atoms with van der Waals surface area (Å²) in [5.74, 6) is -0.785. The fraction of sp³-hybridized carbons (Fsp3) is 0.538. The van der Waals surface area contributed by atoms with Crippen molar-refractivity contribution in [1.29, 1.82) is 0 Å². The van der Waals surface area contributed by atoms with Crippen LogP contribution in [0.15, 0.2) is 18.3 Å². The molecule has 0 bridgehead atoms. The molecular weight excluding hydrogens is 232 g/mol. The van der Waals surface area contributed by atoms with Gasteiger partial charge in [-0.25, -0.2) is 9.78 Å². The Morgan fingerprint density at radius 1 is 1.50 bits per heavy atom. The molecule has 5 nitrogen and oxygen atoms in total. The summed E-state index contributed by atoms with van der Waals surface area (Å²) in [6.45, 7) is 3.91. The standard InChI is InChI=1S/C13H18N2O3/c1-13(5-8-15(2)9-6-13)18-11-10(12(16)17)4-3-7-14-11/h3-4,7H,5-6,8-9H2,1-2H3,(H,16,17). The number of carboxylic acid groups (broad SMARTS) is 1. The molecule has 1 aliphatic heterocycles. The number of rotatable bonds is 3. The molecule has 0 aliphatic carbocycles. The first-order chi connectivity index (χ1) is 8.50. The van der Waals surface area contributed by atoms with Crippen LogP contribution in [0.1, 0.15) is 30.1 Å². The molecule has 1 aromatic rings. The molecule has 0 atom stereocenters. The average molecular weight is 250 g/mol. The number of carboxylic acids is 1. The minimum Gasteiger partial charge on any atom is -0.477 e. The van der Waals surface area contributed by atoms with Crippen LogP contribution in [0.4, 0.5) is 0 Å². The molecule has 0 spiro atoms. The molecule has 0 amide bonds. The Hall–Kier alpha value is -1.62. The van der Waals surface area contributed by atoms with Gasteiger partial charge in [0.2, 0.25) is 5.88 Å². The monoisotopic (exact) mass is 250 g/mol. The third kappa shape index (κ3) is 2.79. The molecule has 2 heterocycles. The van der Waals surface area contributed by atoms with Gasteiger partial charge in [-0.05, 0) is 38.9 Å². The van der Waals surface area contributed by atoms with Crippen LogP contribution in [0, 0.1) is 0 Å². The molecule has 0 aromatic carbocycles. The number of likely N-dealkylation sites (tertiary alicyclic amines) is 1. The van der Waals surface area contributed by atoms with E-state index in [4.69, 9.17) is 9.84 Å². The molecule has 1 fully saturated rings. The lowest BCUT2D eigenvalue weighted by atomic mass is 9.93. The summed E-state index contributed by atoms with van der Waals surface area (Å²) in [6.07, 6.45) is 3.30. The van der Waals surface area contributed by atoms with Crippen LogP contribution in [0.5, 0.6) is 5.88 Å². The summed E-state index contributed by atoms with van der Waals surface area (Å²) in [6, 6.07) is 3.12. The second-order valence-electron chi connectivity index (χ2n) is 5.02. The summed E-state index contributed by atoms with van der Waals surface area (Å²) >= 11 is 0. The smallest absolute Gasteiger partial charge is 0.341 e. The number of aromatic carboxylic acids is 1. The van der Waals surface area contributed by atoms with Gasteiger partial charge in [0.25, 0.3) is 0 Å². The second kappa shape index (κ2) is 4.94. The Bertz CT molecular complexity index is 440. The SMILES string of the molecule is CN1CCC(C)(Oc2ncccc2C(=O)O)CC1. The molecule has 0 saturated carbocycles. The first kappa shape index (κ1) is 12.8. The number of nitrogens with zero attached hydrogens (tertiary/aromatic N) is 2. The quantitative estimate of drug-likeness (QED) is 0.883. The first-order valence-corrected chi connectivity index (χ1v) is 6.06. The second-order valence-corrected chi connectivity index (χ2v) is 5.02. The predicted molar refractivity (Wildman–Crippen MR) is 67.0 cm³/mol. The fourth-order valence-electron chi connectivity index (χ4n) is 2.06. The van der Waals surface area contributed by atoms with Gasteiger partial charge in [0.15, 0.2) is 0 Å². The van der Waals surface area contributed by atoms with E-state index in [1.54, 1.807) is 12.3 Å². The zero-order valence-corrected chi connectivity index (χ0v) is 10.7. The van der Waals surface area contributed by atoms with Crippen molar-refractivity contribution in [2.75, 3.05) is 20.1 Å². The summed E-state index contributed by atoms with van der Waals surface area (Å²) < 4.78 is 5.86. The van der Waals surface area contributed by atoms with E-state index in [1.165, 1.54) is 6.07 Å². The number of hydrogen-bond donors (Lipinski definition) is 1. The summed E-state index contributed by atoms with van der Waals surface area (Å²) in [5, 5.41) is 9.09. The van der Waals surface area contributed by atoms with Crippen LogP contribution in [0.2, 0.25) is 0 Å². The molecule has 1 saturated heterocycles. The molecule has 0 unspecified atom stereocenters. The molecule has 1 N–H and O–H groups in total. The van der Waals surface area contributed by atoms with Gasteiger partial charge < -0.3 is 14.7 Å². The largest absolute Gasteiger partial charge is 0.477 e. The number of piperidine rings is 1. The van der Waals surface area contributed by atoms with Gasteiger partial charge in [-0.1, -0.05) is 0 Å². The van der Waals surface area contributed by atoms with Crippen LogP contribution in [-0.2, 0) is 0 Å². The van der Waals surface area contributed by atoms with E-state index in [0.717, 1.165) is 25.9 Å². The minimum absolute atomic E-state index is 0.123. The highest BCUT2D eigenvalue weighted by Gasteiger charge is 2.32. The Morgan fingerprint density at radius 3 is 2.78 bits per heavy atom. The molecule has 1 aliphatic rings. The average Bonchev–Trinajstić information content (AvgIpc) is 2.34. The number of hydrogen-bond acceptors (Lipinski definition) is 4. The van der Waals surface area contributed by atoms with Crippen molar-refractivity contribution >= 4 is 5.97 Å². The van der Waals surface area contributed by atoms with Gasteiger partial charge in [0, 0.05) is 19.3 Å². The Balaban J connectivity index is 2.16. The highest BCUT2D eigenvalue weighted by Crippen LogP contribution is 2.28. The van der Waals surface area contributed by atoms with E-state index in [0.29, 0.717) is 0 Å². The zero-order valence-electron chi connectivity index (χ0n) is 10.7. The van der Waals surface area contributed by atoms with Crippen molar-refractivity contribution in [3.05, 3.63) is 23.9 Å². The van der Waals surface area contributed by atoms with Crippen LogP contribution in [-0.4, -0.2) is 46.7 Å². The first-order valence-electron chi connectivity index (χ1n) is 6.06. The fourth-order valence-corrected chi connectivity index (χ4v) is 2.06. The summed E-state index contributed by atoms with van der Waals surface area (Å²) in [4.78, 5) is 17.4. The van der Waals surface area contributed by atoms with Crippen molar-refractivity contribution < 1.29 is 14.6 Å². The van der Waals surface area contributed by atoms with Gasteiger partial charge >= 0.3 is 5.97 Å². The van der Waals surface area contributed by atoms with Gasteiger partial charge in [-0.3, -0.25) is 0 Å². The van der Waals surface area contributed by atoms with Gasteiger partial charge in [0.05, 0.1) is 0 Å². The Morgan fingerprint density at radius 2 is 2.17 bits per heavy atom. The molecular formula is C13H18N2O3. The lowest BCUT2D eigenvalue weighted by Crippen LogP contribution is -2.44. The van der Waals surface area contributed by atoms with Crippen molar-refractivity contribution in [2.45, 2.75) is 25.4 Å². The van der Waals surface area contributed by atoms with E-state index in [9.17, 15) is 4.79 Å². The van der Waals surface area contributed by atoms with Crippen LogP contribution in [0.25, 0.3) is 0 Å². The van der Waals surface area contributed by atoms with Gasteiger partial charge in [-0.2, -0.15) is 0 Å². The van der Waals surface area contributed by atoms with Crippen LogP contribution >= 0.6 is 0 Å². The topological polar surface area (TPSA) is 62.7 Å². The van der Waals surface area contributed by atoms with Gasteiger partial charge in [0.1, 0.15) is 11.2 Å². The third-order valence-corrected chi connectivity index (χ3v) is 3.39. The van der Waals surface area contributed by atoms with E-state index >= 15 is 0 Å². The number of aromatic nitrogens is 1. The Labute approximate surface area is 106 Å². The molecule has 18 heavy (non-hydrogen) atoms. The molecule has 2 rings (SSSR count). The van der Waals surface area contributed by atoms with Gasteiger partial charge in [-0.15, -0.1) is 0 Å². The lowest BCUT2D eigenvalue weighted by Gasteiger charge is -2.37. The number of pyridine rings is 1. The molecule has 1 aromatic heterocycles. The highest BCUT2D eigenvalue weighted by atomic mass is 16.5. The van der Waals surface area contributed by atoms with Crippen molar-refractivity contribution in [1.82, 2.24) is 9.88 Å². The molecule has 5 heteroatoms. The maximum Gasteiger partial charge on any atom is 0.341 e. The van der Waals surface area contributed by atoms with Crippen molar-refractivity contribution in [2.24, 2.45) is 0 Å². The lowest BCUT2D eigenvalue weighted by molar-refractivity contribution is 0.0188. The molecule has 0 radical (unpaired) electrons. The maximum absolute atomic E-state index is 11.1. The van der Waals surface area contributed by atoms with Crippen LogP contribution < -0.4 is 4.74 Å². The Kier molecular flexibility index (Phi) is 3.52. The maximum atomic E-state index is 11.1. The van der Waals surface area contributed by atoms with E-state index < -0.39 is 5.97 Å². The normalized spacial score (nSPS) is 19.4. The van der Waals surface area contributed by atoms with Crippen molar-refractivity contribution in [3.8, 4) is 5.88 Å². The minimum atomic E-state index is -1.00. The number of ether oxygens (including phenoxy) is 1.